The predicted molar refractivity (Wildman–Crippen MR) is 158 cm³/mol. The molecule has 3 aliphatic heterocycles. The summed E-state index contributed by atoms with van der Waals surface area (Å²) < 4.78 is 26.4. The van der Waals surface area contributed by atoms with E-state index in [0.717, 1.165) is 13.1 Å². The molecule has 3 heterocycles. The number of halogens is 1. The molecule has 9 nitrogen and oxygen atoms in total. The van der Waals surface area contributed by atoms with E-state index in [9.17, 15) is 23.9 Å². The van der Waals surface area contributed by atoms with Crippen LogP contribution >= 0.6 is 0 Å². The smallest absolute Gasteiger partial charge is 0.410 e. The van der Waals surface area contributed by atoms with E-state index in [1.807, 2.05) is 50.9 Å². The number of esters is 1. The molecule has 5 atom stereocenters. The second-order valence-corrected chi connectivity index (χ2v) is 12.0. The highest BCUT2D eigenvalue weighted by Gasteiger charge is 2.29. The number of nitrogens with zero attached hydrogens (tertiary/aromatic N) is 3. The number of hydrogen-bond donors (Lipinski definition) is 1. The highest BCUT2D eigenvalue weighted by molar-refractivity contribution is 5.87. The van der Waals surface area contributed by atoms with Crippen molar-refractivity contribution in [2.24, 2.45) is 11.8 Å². The van der Waals surface area contributed by atoms with Gasteiger partial charge in [0, 0.05) is 50.7 Å². The third-order valence-electron chi connectivity index (χ3n) is 8.40. The number of Topliss-reactive ketones (excluding diaryl/α,β-unsaturated/α-hetero) is 1. The van der Waals surface area contributed by atoms with Gasteiger partial charge < -0.3 is 29.3 Å². The molecule has 1 N–H and O–H groups in total. The van der Waals surface area contributed by atoms with Crippen molar-refractivity contribution in [3.63, 3.8) is 0 Å². The maximum absolute atomic E-state index is 14.6. The number of aliphatic hydroxyl groups is 1. The Kier molecular flexibility index (Phi) is 10.8. The summed E-state index contributed by atoms with van der Waals surface area (Å²) in [5, 5.41) is 10.6. The molecule has 2 fully saturated rings. The van der Waals surface area contributed by atoms with Crippen LogP contribution in [0.4, 0.5) is 14.9 Å². The molecule has 10 heteroatoms. The minimum atomic E-state index is -0.883. The molecule has 0 aliphatic carbocycles. The van der Waals surface area contributed by atoms with E-state index >= 15 is 0 Å². The van der Waals surface area contributed by atoms with E-state index in [1.54, 1.807) is 11.0 Å². The normalized spacial score (nSPS) is 28.7. The van der Waals surface area contributed by atoms with Gasteiger partial charge in [-0.1, -0.05) is 26.0 Å². The number of likely N-dealkylation sites (N-methyl/N-ethyl adjacent to an activating group) is 1. The third-order valence-corrected chi connectivity index (χ3v) is 8.40. The molecule has 0 spiro atoms. The van der Waals surface area contributed by atoms with Gasteiger partial charge in [0.25, 0.3) is 0 Å². The van der Waals surface area contributed by atoms with Crippen LogP contribution in [0.3, 0.4) is 0 Å². The summed E-state index contributed by atoms with van der Waals surface area (Å²) in [6.45, 7) is 9.30. The summed E-state index contributed by atoms with van der Waals surface area (Å²) in [4.78, 5) is 43.3. The summed E-state index contributed by atoms with van der Waals surface area (Å²) in [7, 11) is 2.02. The molecule has 0 bridgehead atoms. The third kappa shape index (κ3) is 8.64. The Balaban J connectivity index is 1.56. The lowest BCUT2D eigenvalue weighted by molar-refractivity contribution is -0.151. The van der Waals surface area contributed by atoms with E-state index in [2.05, 4.69) is 4.90 Å². The number of amides is 1. The lowest BCUT2D eigenvalue weighted by Crippen LogP contribution is -2.48. The Morgan fingerprint density at radius 1 is 1.07 bits per heavy atom. The largest absolute Gasteiger partial charge is 0.457 e. The topological polar surface area (TPSA) is 99.6 Å². The van der Waals surface area contributed by atoms with Gasteiger partial charge in [0.1, 0.15) is 18.0 Å². The number of carbonyl (C=O) groups excluding carboxylic acids is 3. The number of ketones is 1. The average Bonchev–Trinajstić information content (AvgIpc) is 3.38. The van der Waals surface area contributed by atoms with Gasteiger partial charge in [-0.15, -0.1) is 0 Å². The zero-order chi connectivity index (χ0) is 30.4. The van der Waals surface area contributed by atoms with E-state index in [-0.39, 0.29) is 36.7 Å². The second kappa shape index (κ2) is 14.3. The molecule has 1 amide bonds. The molecule has 4 rings (SSSR count). The summed E-state index contributed by atoms with van der Waals surface area (Å²) in [5.74, 6) is -1.19. The summed E-state index contributed by atoms with van der Waals surface area (Å²) >= 11 is 0. The summed E-state index contributed by atoms with van der Waals surface area (Å²) in [6.07, 6.45) is 4.33. The van der Waals surface area contributed by atoms with Crippen LogP contribution in [-0.4, -0.2) is 97.4 Å². The molecule has 2 saturated heterocycles. The quantitative estimate of drug-likeness (QED) is 0.418. The Hall–Kier alpha value is -3.24. The minimum absolute atomic E-state index is 0.0757. The van der Waals surface area contributed by atoms with Crippen molar-refractivity contribution >= 4 is 29.6 Å². The Bertz CT molecular complexity index is 1190. The Morgan fingerprint density at radius 3 is 2.50 bits per heavy atom. The highest BCUT2D eigenvalue weighted by Crippen LogP contribution is 2.28. The fourth-order valence-electron chi connectivity index (χ4n) is 5.69. The predicted octanol–water partition coefficient (Wildman–Crippen LogP) is 4.05. The van der Waals surface area contributed by atoms with Crippen LogP contribution in [-0.2, 0) is 19.1 Å². The minimum Gasteiger partial charge on any atom is -0.457 e. The standard InChI is InChI=1S/C32H44FN3O6/c1-21-5-7-27(37)19-30(39)42-31(22(2)6-8-29(21)41-32(40)35-13-11-34(4)12-14-35)23(3)15-24-16-25(33)18-26(17-24)36-10-9-28(38)20-36/h6,8,15-18,21-22,27,29,31,37H,5,7,9-14,19-20H2,1-4H3/b8-6?,23-15+/t21-,22-,27+,29-,31-/m0/s1. The van der Waals surface area contributed by atoms with Gasteiger partial charge in [0.2, 0.25) is 0 Å². The number of carbonyl (C=O) groups is 3. The number of cyclic esters (lactones) is 1. The molecule has 1 aromatic carbocycles. The SMILES string of the molecule is C/C(=C\c1cc(F)cc(N2CCC(=O)C2)c1)[C@H]1OC(=O)C[C@H](O)CC[C@H](C)[C@@H](OC(=O)N2CCN(C)CC2)C=C[C@@H]1C. The van der Waals surface area contributed by atoms with E-state index < -0.39 is 30.1 Å². The molecule has 0 radical (unpaired) electrons. The van der Waals surface area contributed by atoms with E-state index in [1.165, 1.54) is 12.1 Å². The molecule has 42 heavy (non-hydrogen) atoms. The first-order chi connectivity index (χ1) is 20.0. The van der Waals surface area contributed by atoms with Gasteiger partial charge in [-0.2, -0.15) is 0 Å². The monoisotopic (exact) mass is 585 g/mol. The maximum Gasteiger partial charge on any atom is 0.410 e. The highest BCUT2D eigenvalue weighted by atomic mass is 19.1. The lowest BCUT2D eigenvalue weighted by atomic mass is 9.91. The number of rotatable bonds is 4. The van der Waals surface area contributed by atoms with Gasteiger partial charge in [-0.25, -0.2) is 9.18 Å². The summed E-state index contributed by atoms with van der Waals surface area (Å²) in [6, 6.07) is 4.64. The Labute approximate surface area is 247 Å². The van der Waals surface area contributed by atoms with Gasteiger partial charge in [0.05, 0.1) is 19.1 Å². The number of anilines is 1. The van der Waals surface area contributed by atoms with E-state index in [4.69, 9.17) is 9.47 Å². The van der Waals surface area contributed by atoms with Crippen molar-refractivity contribution < 1.29 is 33.4 Å². The summed E-state index contributed by atoms with van der Waals surface area (Å²) in [5.41, 5.74) is 1.92. The molecule has 0 aromatic heterocycles. The first kappa shape index (κ1) is 31.7. The van der Waals surface area contributed by atoms with Crippen LogP contribution in [0, 0.1) is 17.7 Å². The van der Waals surface area contributed by atoms with Crippen LogP contribution in [0.5, 0.6) is 0 Å². The second-order valence-electron chi connectivity index (χ2n) is 12.0. The van der Waals surface area contributed by atoms with Crippen molar-refractivity contribution in [1.29, 1.82) is 0 Å². The Morgan fingerprint density at radius 2 is 1.81 bits per heavy atom. The number of aliphatic hydroxyl groups excluding tert-OH is 1. The molecule has 0 unspecified atom stereocenters. The van der Waals surface area contributed by atoms with Gasteiger partial charge in [0.15, 0.2) is 5.78 Å². The molecular weight excluding hydrogens is 541 g/mol. The average molecular weight is 586 g/mol. The van der Waals surface area contributed by atoms with Crippen LogP contribution in [0.2, 0.25) is 0 Å². The number of hydrogen-bond acceptors (Lipinski definition) is 8. The van der Waals surface area contributed by atoms with Crippen molar-refractivity contribution in [3.05, 3.63) is 47.3 Å². The van der Waals surface area contributed by atoms with E-state index in [0.29, 0.717) is 55.7 Å². The molecule has 230 valence electrons. The fraction of sp³-hybridized carbons (Fsp3) is 0.594. The van der Waals surface area contributed by atoms with Crippen LogP contribution in [0.25, 0.3) is 6.08 Å². The van der Waals surface area contributed by atoms with Gasteiger partial charge in [-0.05, 0) is 68.1 Å². The first-order valence-corrected chi connectivity index (χ1v) is 14.9. The van der Waals surface area contributed by atoms with Crippen LogP contribution < -0.4 is 4.90 Å². The zero-order valence-corrected chi connectivity index (χ0v) is 25.1. The lowest BCUT2D eigenvalue weighted by Gasteiger charge is -2.33. The molecule has 3 aliphatic rings. The van der Waals surface area contributed by atoms with Crippen LogP contribution in [0.15, 0.2) is 35.9 Å². The van der Waals surface area contributed by atoms with Crippen molar-refractivity contribution in [2.45, 2.75) is 64.8 Å². The number of ether oxygens (including phenoxy) is 2. The number of benzene rings is 1. The van der Waals surface area contributed by atoms with Gasteiger partial charge >= 0.3 is 12.1 Å². The van der Waals surface area contributed by atoms with Crippen molar-refractivity contribution in [1.82, 2.24) is 9.80 Å². The first-order valence-electron chi connectivity index (χ1n) is 14.9. The number of piperazine rings is 1. The molecular formula is C32H44FN3O6. The van der Waals surface area contributed by atoms with Crippen molar-refractivity contribution in [3.8, 4) is 0 Å². The maximum atomic E-state index is 14.6. The van der Waals surface area contributed by atoms with Crippen LogP contribution in [0.1, 0.15) is 52.0 Å². The molecule has 1 aromatic rings. The van der Waals surface area contributed by atoms with Crippen molar-refractivity contribution in [2.75, 3.05) is 51.2 Å². The molecule has 0 saturated carbocycles. The zero-order valence-electron chi connectivity index (χ0n) is 25.1. The van der Waals surface area contributed by atoms with Gasteiger partial charge in [-0.3, -0.25) is 9.59 Å². The fourth-order valence-corrected chi connectivity index (χ4v) is 5.69.